The summed E-state index contributed by atoms with van der Waals surface area (Å²) in [5, 5.41) is 14.8. The van der Waals surface area contributed by atoms with E-state index in [-0.39, 0.29) is 0 Å². The lowest BCUT2D eigenvalue weighted by molar-refractivity contribution is -0.140. The molecule has 0 saturated carbocycles. The molecule has 0 spiro atoms. The molecule has 0 aromatic carbocycles. The van der Waals surface area contributed by atoms with Gasteiger partial charge in [-0.3, -0.25) is 4.68 Å². The van der Waals surface area contributed by atoms with Crippen molar-refractivity contribution in [2.24, 2.45) is 0 Å². The van der Waals surface area contributed by atoms with Crippen LogP contribution in [0.4, 0.5) is 0 Å². The van der Waals surface area contributed by atoms with Gasteiger partial charge in [0.2, 0.25) is 0 Å². The molecule has 2 heterocycles. The number of hydrogen-bond acceptors (Lipinski definition) is 3. The van der Waals surface area contributed by atoms with E-state index in [0.717, 1.165) is 10.4 Å². The van der Waals surface area contributed by atoms with Crippen molar-refractivity contribution in [2.45, 2.75) is 13.0 Å². The number of carbonyl (C=O) groups is 1. The van der Waals surface area contributed by atoms with Crippen molar-refractivity contribution in [3.63, 3.8) is 0 Å². The van der Waals surface area contributed by atoms with Crippen LogP contribution in [0.2, 0.25) is 0 Å². The first kappa shape index (κ1) is 9.92. The van der Waals surface area contributed by atoms with Crippen LogP contribution in [0, 0.1) is 0 Å². The molecule has 0 aliphatic rings. The van der Waals surface area contributed by atoms with Gasteiger partial charge in [0.15, 0.2) is 0 Å². The van der Waals surface area contributed by atoms with E-state index in [4.69, 9.17) is 5.11 Å². The van der Waals surface area contributed by atoms with Gasteiger partial charge in [0, 0.05) is 16.6 Å². The molecule has 0 fully saturated rings. The summed E-state index contributed by atoms with van der Waals surface area (Å²) >= 11 is 1.61. The van der Waals surface area contributed by atoms with Crippen LogP contribution in [0.1, 0.15) is 13.0 Å². The lowest BCUT2D eigenvalue weighted by atomic mass is 10.3. The van der Waals surface area contributed by atoms with Gasteiger partial charge in [0.25, 0.3) is 0 Å². The van der Waals surface area contributed by atoms with E-state index in [1.54, 1.807) is 30.7 Å². The highest BCUT2D eigenvalue weighted by atomic mass is 32.1. The fourth-order valence-electron chi connectivity index (χ4n) is 1.23. The Bertz CT molecular complexity index is 461. The normalized spacial score (nSPS) is 12.6. The molecule has 0 aliphatic heterocycles. The average molecular weight is 222 g/mol. The van der Waals surface area contributed by atoms with Crippen molar-refractivity contribution in [1.29, 1.82) is 0 Å². The van der Waals surface area contributed by atoms with Gasteiger partial charge in [0.1, 0.15) is 6.04 Å². The zero-order valence-corrected chi connectivity index (χ0v) is 8.94. The second kappa shape index (κ2) is 3.86. The van der Waals surface area contributed by atoms with Crippen molar-refractivity contribution in [1.82, 2.24) is 9.78 Å². The second-order valence-corrected chi connectivity index (χ2v) is 4.15. The van der Waals surface area contributed by atoms with Gasteiger partial charge in [-0.2, -0.15) is 5.10 Å². The fourth-order valence-corrected chi connectivity index (χ4v) is 1.94. The number of aliphatic carboxylic acids is 1. The van der Waals surface area contributed by atoms with Crippen LogP contribution in [-0.2, 0) is 4.79 Å². The summed E-state index contributed by atoms with van der Waals surface area (Å²) in [6.07, 6.45) is 3.44. The fraction of sp³-hybridized carbons (Fsp3) is 0.200. The van der Waals surface area contributed by atoms with Gasteiger partial charge in [-0.15, -0.1) is 11.3 Å². The summed E-state index contributed by atoms with van der Waals surface area (Å²) in [6.45, 7) is 1.60. The highest BCUT2D eigenvalue weighted by molar-refractivity contribution is 7.13. The standard InChI is InChI=1S/C10H10N2O2S/c1-7(10(13)14)12-6-8(5-11-12)9-3-2-4-15-9/h2-7H,1H3,(H,13,14)/t7-/m0/s1. The smallest absolute Gasteiger partial charge is 0.328 e. The summed E-state index contributed by atoms with van der Waals surface area (Å²) in [4.78, 5) is 11.8. The predicted molar refractivity (Wildman–Crippen MR) is 57.9 cm³/mol. The highest BCUT2D eigenvalue weighted by Gasteiger charge is 2.14. The minimum Gasteiger partial charge on any atom is -0.480 e. The molecule has 0 amide bonds. The number of carboxylic acids is 1. The second-order valence-electron chi connectivity index (χ2n) is 3.20. The molecule has 2 aromatic heterocycles. The molecule has 0 unspecified atom stereocenters. The number of aromatic nitrogens is 2. The monoisotopic (exact) mass is 222 g/mol. The molecular weight excluding hydrogens is 212 g/mol. The largest absolute Gasteiger partial charge is 0.480 e. The van der Waals surface area contributed by atoms with Crippen molar-refractivity contribution in [2.75, 3.05) is 0 Å². The quantitative estimate of drug-likeness (QED) is 0.866. The molecule has 0 saturated heterocycles. The zero-order valence-electron chi connectivity index (χ0n) is 8.12. The van der Waals surface area contributed by atoms with E-state index < -0.39 is 12.0 Å². The van der Waals surface area contributed by atoms with Crippen LogP contribution in [0.5, 0.6) is 0 Å². The Morgan fingerprint density at radius 1 is 1.67 bits per heavy atom. The van der Waals surface area contributed by atoms with Crippen molar-refractivity contribution < 1.29 is 9.90 Å². The Morgan fingerprint density at radius 2 is 2.47 bits per heavy atom. The van der Waals surface area contributed by atoms with E-state index in [9.17, 15) is 4.79 Å². The lowest BCUT2D eigenvalue weighted by Crippen LogP contribution is -2.15. The zero-order chi connectivity index (χ0) is 10.8. The Labute approximate surface area is 90.8 Å². The molecular formula is C10H10N2O2S. The van der Waals surface area contributed by atoms with Crippen molar-refractivity contribution in [3.8, 4) is 10.4 Å². The summed E-state index contributed by atoms with van der Waals surface area (Å²) in [6, 6.07) is 3.31. The molecule has 1 N–H and O–H groups in total. The van der Waals surface area contributed by atoms with E-state index in [1.807, 2.05) is 17.5 Å². The SMILES string of the molecule is C[C@@H](C(=O)O)n1cc(-c2cccs2)cn1. The maximum atomic E-state index is 10.7. The number of carboxylic acid groups (broad SMARTS) is 1. The van der Waals surface area contributed by atoms with E-state index in [0.29, 0.717) is 0 Å². The summed E-state index contributed by atoms with van der Waals surface area (Å²) in [7, 11) is 0. The van der Waals surface area contributed by atoms with Gasteiger partial charge in [-0.05, 0) is 18.4 Å². The van der Waals surface area contributed by atoms with Gasteiger partial charge in [-0.1, -0.05) is 6.07 Å². The first-order valence-corrected chi connectivity index (χ1v) is 5.37. The minimum absolute atomic E-state index is 0.626. The van der Waals surface area contributed by atoms with E-state index in [2.05, 4.69) is 5.10 Å². The molecule has 5 heteroatoms. The molecule has 15 heavy (non-hydrogen) atoms. The van der Waals surface area contributed by atoms with Crippen molar-refractivity contribution >= 4 is 17.3 Å². The number of hydrogen-bond donors (Lipinski definition) is 1. The van der Waals surface area contributed by atoms with Gasteiger partial charge in [-0.25, -0.2) is 4.79 Å². The molecule has 1 atom stereocenters. The molecule has 0 aliphatic carbocycles. The predicted octanol–water partition coefficient (Wildman–Crippen LogP) is 2.26. The van der Waals surface area contributed by atoms with Crippen LogP contribution < -0.4 is 0 Å². The maximum Gasteiger partial charge on any atom is 0.328 e. The Kier molecular flexibility index (Phi) is 2.55. The maximum absolute atomic E-state index is 10.7. The summed E-state index contributed by atoms with van der Waals surface area (Å²) in [5.41, 5.74) is 0.957. The summed E-state index contributed by atoms with van der Waals surface area (Å²) < 4.78 is 1.46. The first-order chi connectivity index (χ1) is 7.18. The van der Waals surface area contributed by atoms with Crippen molar-refractivity contribution in [3.05, 3.63) is 29.9 Å². The third kappa shape index (κ3) is 1.92. The van der Waals surface area contributed by atoms with Gasteiger partial charge >= 0.3 is 5.97 Å². The van der Waals surface area contributed by atoms with Gasteiger partial charge in [0.05, 0.1) is 6.20 Å². The Balaban J connectivity index is 2.28. The Morgan fingerprint density at radius 3 is 3.07 bits per heavy atom. The van der Waals surface area contributed by atoms with E-state index >= 15 is 0 Å². The molecule has 2 rings (SSSR count). The molecule has 0 radical (unpaired) electrons. The highest BCUT2D eigenvalue weighted by Crippen LogP contribution is 2.24. The Hall–Kier alpha value is -1.62. The number of rotatable bonds is 3. The topological polar surface area (TPSA) is 55.1 Å². The molecule has 4 nitrogen and oxygen atoms in total. The van der Waals surface area contributed by atoms with Crippen LogP contribution >= 0.6 is 11.3 Å². The number of thiophene rings is 1. The number of nitrogens with zero attached hydrogens (tertiary/aromatic N) is 2. The van der Waals surface area contributed by atoms with Crippen LogP contribution in [-0.4, -0.2) is 20.9 Å². The van der Waals surface area contributed by atoms with Crippen LogP contribution in [0.15, 0.2) is 29.9 Å². The molecule has 2 aromatic rings. The third-order valence-electron chi connectivity index (χ3n) is 2.16. The van der Waals surface area contributed by atoms with Gasteiger partial charge < -0.3 is 5.11 Å². The van der Waals surface area contributed by atoms with E-state index in [1.165, 1.54) is 4.68 Å². The third-order valence-corrected chi connectivity index (χ3v) is 3.08. The average Bonchev–Trinajstić information content (AvgIpc) is 2.86. The minimum atomic E-state index is -0.879. The van der Waals surface area contributed by atoms with Crippen LogP contribution in [0.25, 0.3) is 10.4 Å². The van der Waals surface area contributed by atoms with Crippen LogP contribution in [0.3, 0.4) is 0 Å². The molecule has 78 valence electrons. The molecule has 0 bridgehead atoms. The first-order valence-electron chi connectivity index (χ1n) is 4.49. The lowest BCUT2D eigenvalue weighted by Gasteiger charge is -2.04. The summed E-state index contributed by atoms with van der Waals surface area (Å²) in [5.74, 6) is -0.879.